The van der Waals surface area contributed by atoms with Gasteiger partial charge >= 0.3 is 12.1 Å². The molecular weight excluding hydrogens is 544 g/mol. The summed E-state index contributed by atoms with van der Waals surface area (Å²) < 4.78 is 10.5. The van der Waals surface area contributed by atoms with E-state index in [2.05, 4.69) is 22.8 Å². The van der Waals surface area contributed by atoms with Crippen molar-refractivity contribution in [3.63, 3.8) is 0 Å². The van der Waals surface area contributed by atoms with Gasteiger partial charge in [0.05, 0.1) is 24.2 Å². The summed E-state index contributed by atoms with van der Waals surface area (Å²) in [6, 6.07) is 12.3. The van der Waals surface area contributed by atoms with Crippen molar-refractivity contribution in [3.05, 3.63) is 52.1 Å². The molecule has 2 aromatic rings. The molecule has 2 heterocycles. The molecule has 0 unspecified atom stereocenters. The van der Waals surface area contributed by atoms with Gasteiger partial charge in [0.2, 0.25) is 5.91 Å². The van der Waals surface area contributed by atoms with Gasteiger partial charge in [-0.25, -0.2) is 9.78 Å². The Hall–Kier alpha value is -4.29. The van der Waals surface area contributed by atoms with Crippen LogP contribution in [0.2, 0.25) is 0 Å². The summed E-state index contributed by atoms with van der Waals surface area (Å²) >= 11 is 1.41. The minimum Gasteiger partial charge on any atom is -0.457 e. The number of hydrogen-bond donors (Lipinski definition) is 2. The zero-order chi connectivity index (χ0) is 30.2. The first-order valence-corrected chi connectivity index (χ1v) is 14.2. The lowest BCUT2D eigenvalue weighted by Gasteiger charge is -2.40. The number of carbonyl (C=O) groups excluding carboxylic acids is 3. The highest BCUT2D eigenvalue weighted by atomic mass is 32.2. The van der Waals surface area contributed by atoms with Crippen molar-refractivity contribution in [2.75, 3.05) is 24.5 Å². The number of amides is 2. The Labute approximate surface area is 244 Å². The second kappa shape index (κ2) is 13.9. The molecule has 0 spiro atoms. The second-order valence-corrected chi connectivity index (χ2v) is 11.4. The number of pyridine rings is 1. The molecular formula is C29H34N6O5S. The zero-order valence-electron chi connectivity index (χ0n) is 23.9. The molecule has 1 saturated heterocycles. The lowest BCUT2D eigenvalue weighted by Crippen LogP contribution is -2.54. The summed E-state index contributed by atoms with van der Waals surface area (Å²) in [5.74, 6) is 0.324. The highest BCUT2D eigenvalue weighted by Crippen LogP contribution is 2.35. The van der Waals surface area contributed by atoms with Crippen molar-refractivity contribution in [2.45, 2.75) is 70.1 Å². The summed E-state index contributed by atoms with van der Waals surface area (Å²) in [5, 5.41) is 25.5. The minimum absolute atomic E-state index is 0.0926. The van der Waals surface area contributed by atoms with Crippen LogP contribution in [-0.4, -0.2) is 54.3 Å². The fourth-order valence-electron chi connectivity index (χ4n) is 4.02. The van der Waals surface area contributed by atoms with Gasteiger partial charge in [0, 0.05) is 19.2 Å². The van der Waals surface area contributed by atoms with E-state index in [1.807, 2.05) is 36.1 Å². The summed E-state index contributed by atoms with van der Waals surface area (Å²) in [4.78, 5) is 41.7. The first-order chi connectivity index (χ1) is 19.4. The molecule has 0 bridgehead atoms. The Morgan fingerprint density at radius 3 is 2.27 bits per heavy atom. The van der Waals surface area contributed by atoms with Crippen LogP contribution in [0.15, 0.2) is 29.3 Å². The number of anilines is 1. The summed E-state index contributed by atoms with van der Waals surface area (Å²) in [6.07, 6.45) is -0.651. The van der Waals surface area contributed by atoms with E-state index >= 15 is 0 Å². The van der Waals surface area contributed by atoms with Crippen LogP contribution in [0.5, 0.6) is 0 Å². The number of benzene rings is 1. The van der Waals surface area contributed by atoms with E-state index in [1.54, 1.807) is 20.8 Å². The molecule has 1 aromatic carbocycles. The Bertz CT molecular complexity index is 1370. The molecule has 1 fully saturated rings. The third-order valence-electron chi connectivity index (χ3n) is 5.99. The number of rotatable bonds is 10. The van der Waals surface area contributed by atoms with E-state index in [-0.39, 0.29) is 12.5 Å². The Balaban J connectivity index is 1.67. The molecule has 41 heavy (non-hydrogen) atoms. The SMILES string of the molecule is CCc1c(C#N)c(SCc2ccc(CNC(C)=O)cc2)nc(N2CC(OC(=O)CNC(=O)OC(C)(C)C)C2)c1C#N. The Morgan fingerprint density at radius 2 is 1.71 bits per heavy atom. The van der Waals surface area contributed by atoms with Gasteiger partial charge in [-0.2, -0.15) is 10.5 Å². The highest BCUT2D eigenvalue weighted by molar-refractivity contribution is 7.98. The highest BCUT2D eigenvalue weighted by Gasteiger charge is 2.34. The molecule has 2 amide bonds. The van der Waals surface area contributed by atoms with Crippen LogP contribution in [0.3, 0.4) is 0 Å². The molecule has 0 radical (unpaired) electrons. The zero-order valence-corrected chi connectivity index (χ0v) is 24.7. The van der Waals surface area contributed by atoms with E-state index in [4.69, 9.17) is 14.5 Å². The molecule has 3 rings (SSSR count). The molecule has 1 aromatic heterocycles. The van der Waals surface area contributed by atoms with Crippen LogP contribution < -0.4 is 15.5 Å². The van der Waals surface area contributed by atoms with Crippen LogP contribution in [0.25, 0.3) is 0 Å². The quantitative estimate of drug-likeness (QED) is 0.315. The molecule has 2 N–H and O–H groups in total. The first-order valence-electron chi connectivity index (χ1n) is 13.2. The van der Waals surface area contributed by atoms with Crippen LogP contribution in [0, 0.1) is 22.7 Å². The molecule has 11 nitrogen and oxygen atoms in total. The predicted octanol–water partition coefficient (Wildman–Crippen LogP) is 3.57. The number of alkyl carbamates (subject to hydrolysis) is 1. The predicted molar refractivity (Wildman–Crippen MR) is 153 cm³/mol. The number of nitrogens with zero attached hydrogens (tertiary/aromatic N) is 4. The molecule has 0 atom stereocenters. The molecule has 216 valence electrons. The topological polar surface area (TPSA) is 157 Å². The standard InChI is InChI=1S/C29H34N6O5S/c1-6-22-23(11-30)26(35-15-21(16-35)39-25(37)14-33-28(38)40-29(3,4)5)34-27(24(22)12-31)41-17-20-9-7-19(8-10-20)13-32-18(2)36/h7-10,21H,6,13-17H2,1-5H3,(H,32,36)(H,33,38). The number of thioether (sulfide) groups is 1. The van der Waals surface area contributed by atoms with Crippen molar-refractivity contribution in [1.82, 2.24) is 15.6 Å². The van der Waals surface area contributed by atoms with E-state index < -0.39 is 23.8 Å². The van der Waals surface area contributed by atoms with Crippen molar-refractivity contribution >= 4 is 35.5 Å². The maximum absolute atomic E-state index is 12.2. The maximum atomic E-state index is 12.2. The average molecular weight is 579 g/mol. The minimum atomic E-state index is -0.705. The third-order valence-corrected chi connectivity index (χ3v) is 7.03. The largest absolute Gasteiger partial charge is 0.457 e. The van der Waals surface area contributed by atoms with Gasteiger partial charge in [-0.1, -0.05) is 31.2 Å². The maximum Gasteiger partial charge on any atom is 0.408 e. The Morgan fingerprint density at radius 1 is 1.07 bits per heavy atom. The number of nitriles is 2. The smallest absolute Gasteiger partial charge is 0.408 e. The van der Waals surface area contributed by atoms with Gasteiger partial charge < -0.3 is 25.0 Å². The lowest BCUT2D eigenvalue weighted by molar-refractivity contribution is -0.149. The van der Waals surface area contributed by atoms with Gasteiger partial charge in [-0.15, -0.1) is 11.8 Å². The van der Waals surface area contributed by atoms with Crippen molar-refractivity contribution in [3.8, 4) is 12.1 Å². The second-order valence-electron chi connectivity index (χ2n) is 10.4. The fourth-order valence-corrected chi connectivity index (χ4v) is 4.98. The number of carbonyl (C=O) groups is 3. The van der Waals surface area contributed by atoms with Crippen LogP contribution >= 0.6 is 11.8 Å². The summed E-state index contributed by atoms with van der Waals surface area (Å²) in [7, 11) is 0. The third kappa shape index (κ3) is 8.85. The fraction of sp³-hybridized carbons (Fsp3) is 0.448. The van der Waals surface area contributed by atoms with Gasteiger partial charge in [0.25, 0.3) is 0 Å². The molecule has 0 aliphatic carbocycles. The van der Waals surface area contributed by atoms with Crippen LogP contribution in [0.1, 0.15) is 62.4 Å². The summed E-state index contributed by atoms with van der Waals surface area (Å²) in [6.45, 7) is 9.33. The Kier molecular flexibility index (Phi) is 10.6. The van der Waals surface area contributed by atoms with Gasteiger partial charge in [0.15, 0.2) is 0 Å². The molecule has 1 aliphatic rings. The summed E-state index contributed by atoms with van der Waals surface area (Å²) in [5.41, 5.74) is 2.68. The molecule has 0 saturated carbocycles. The van der Waals surface area contributed by atoms with E-state index in [9.17, 15) is 24.9 Å². The molecule has 12 heteroatoms. The van der Waals surface area contributed by atoms with Gasteiger partial charge in [-0.05, 0) is 43.9 Å². The number of hydrogen-bond acceptors (Lipinski definition) is 10. The number of ether oxygens (including phenoxy) is 2. The normalized spacial score (nSPS) is 12.9. The van der Waals surface area contributed by atoms with Crippen molar-refractivity contribution in [2.24, 2.45) is 0 Å². The lowest BCUT2D eigenvalue weighted by atomic mass is 10.0. The monoisotopic (exact) mass is 578 g/mol. The average Bonchev–Trinajstić information content (AvgIpc) is 2.89. The van der Waals surface area contributed by atoms with Crippen molar-refractivity contribution < 1.29 is 23.9 Å². The van der Waals surface area contributed by atoms with Crippen LogP contribution in [-0.2, 0) is 37.8 Å². The number of nitrogens with one attached hydrogen (secondary N) is 2. The molecule has 1 aliphatic heterocycles. The number of aromatic nitrogens is 1. The van der Waals surface area contributed by atoms with E-state index in [0.29, 0.717) is 59.3 Å². The van der Waals surface area contributed by atoms with Crippen molar-refractivity contribution in [1.29, 1.82) is 10.5 Å². The number of esters is 1. The van der Waals surface area contributed by atoms with E-state index in [1.165, 1.54) is 18.7 Å². The van der Waals surface area contributed by atoms with Crippen LogP contribution in [0.4, 0.5) is 10.6 Å². The van der Waals surface area contributed by atoms with Gasteiger partial charge in [0.1, 0.15) is 41.2 Å². The first kappa shape index (κ1) is 31.2. The van der Waals surface area contributed by atoms with E-state index in [0.717, 1.165) is 11.1 Å². The van der Waals surface area contributed by atoms with Gasteiger partial charge in [-0.3, -0.25) is 9.59 Å².